The minimum atomic E-state index is 0.243. The van der Waals surface area contributed by atoms with Crippen LogP contribution in [-0.4, -0.2) is 25.7 Å². The summed E-state index contributed by atoms with van der Waals surface area (Å²) in [5, 5.41) is 3.03. The van der Waals surface area contributed by atoms with Crippen molar-refractivity contribution in [1.82, 2.24) is 5.32 Å². The number of carbonyl (C=O) groups is 1. The molecule has 0 aromatic rings. The SMILES string of the molecule is C=C(C)COCCNC(=O)C1CCC2CCCCC2C1. The van der Waals surface area contributed by atoms with Crippen molar-refractivity contribution in [1.29, 1.82) is 0 Å². The van der Waals surface area contributed by atoms with E-state index in [2.05, 4.69) is 11.9 Å². The van der Waals surface area contributed by atoms with Crippen LogP contribution in [0.5, 0.6) is 0 Å². The summed E-state index contributed by atoms with van der Waals surface area (Å²) in [4.78, 5) is 12.2. The van der Waals surface area contributed by atoms with Gasteiger partial charge in [0, 0.05) is 12.5 Å². The van der Waals surface area contributed by atoms with Gasteiger partial charge in [0.25, 0.3) is 0 Å². The van der Waals surface area contributed by atoms with E-state index in [1.54, 1.807) is 0 Å². The van der Waals surface area contributed by atoms with E-state index < -0.39 is 0 Å². The highest BCUT2D eigenvalue weighted by Gasteiger charge is 2.34. The van der Waals surface area contributed by atoms with Gasteiger partial charge in [-0.2, -0.15) is 0 Å². The third kappa shape index (κ3) is 4.62. The third-order valence-electron chi connectivity index (χ3n) is 4.80. The predicted molar refractivity (Wildman–Crippen MR) is 81.4 cm³/mol. The summed E-state index contributed by atoms with van der Waals surface area (Å²) >= 11 is 0. The molecule has 2 aliphatic carbocycles. The molecule has 2 saturated carbocycles. The lowest BCUT2D eigenvalue weighted by molar-refractivity contribution is -0.127. The van der Waals surface area contributed by atoms with Gasteiger partial charge in [0.05, 0.1) is 13.2 Å². The third-order valence-corrected chi connectivity index (χ3v) is 4.80. The van der Waals surface area contributed by atoms with E-state index in [1.807, 2.05) is 6.92 Å². The van der Waals surface area contributed by atoms with E-state index in [1.165, 1.54) is 32.1 Å². The van der Waals surface area contributed by atoms with Gasteiger partial charge < -0.3 is 10.1 Å². The van der Waals surface area contributed by atoms with Crippen molar-refractivity contribution in [3.63, 3.8) is 0 Å². The smallest absolute Gasteiger partial charge is 0.223 e. The van der Waals surface area contributed by atoms with E-state index >= 15 is 0 Å². The van der Waals surface area contributed by atoms with Crippen LogP contribution in [-0.2, 0) is 9.53 Å². The lowest BCUT2D eigenvalue weighted by Crippen LogP contribution is -2.38. The van der Waals surface area contributed by atoms with Crippen LogP contribution in [0.15, 0.2) is 12.2 Å². The molecule has 3 heteroatoms. The number of hydrogen-bond donors (Lipinski definition) is 1. The standard InChI is InChI=1S/C17H29NO2/c1-13(2)12-20-10-9-18-17(19)16-8-7-14-5-3-4-6-15(14)11-16/h14-16H,1,3-12H2,2H3,(H,18,19). The van der Waals surface area contributed by atoms with Crippen molar-refractivity contribution in [2.45, 2.75) is 51.9 Å². The largest absolute Gasteiger partial charge is 0.375 e. The van der Waals surface area contributed by atoms with E-state index in [0.29, 0.717) is 19.8 Å². The van der Waals surface area contributed by atoms with E-state index in [4.69, 9.17) is 4.74 Å². The summed E-state index contributed by atoms with van der Waals surface area (Å²) in [7, 11) is 0. The first-order valence-electron chi connectivity index (χ1n) is 8.16. The Morgan fingerprint density at radius 2 is 1.95 bits per heavy atom. The second kappa shape index (κ2) is 7.82. The lowest BCUT2D eigenvalue weighted by atomic mass is 9.67. The van der Waals surface area contributed by atoms with Gasteiger partial charge in [-0.3, -0.25) is 4.79 Å². The highest BCUT2D eigenvalue weighted by atomic mass is 16.5. The average Bonchev–Trinajstić information content (AvgIpc) is 2.46. The Kier molecular flexibility index (Phi) is 6.08. The van der Waals surface area contributed by atoms with Gasteiger partial charge >= 0.3 is 0 Å². The topological polar surface area (TPSA) is 38.3 Å². The van der Waals surface area contributed by atoms with Crippen LogP contribution in [0.1, 0.15) is 51.9 Å². The molecule has 0 aliphatic heterocycles. The summed E-state index contributed by atoms with van der Waals surface area (Å²) in [6.45, 7) is 7.52. The number of nitrogens with one attached hydrogen (secondary N) is 1. The van der Waals surface area contributed by atoms with Crippen molar-refractivity contribution in [3.8, 4) is 0 Å². The first-order chi connectivity index (χ1) is 9.66. The Labute approximate surface area is 123 Å². The van der Waals surface area contributed by atoms with Gasteiger partial charge in [-0.1, -0.05) is 37.8 Å². The van der Waals surface area contributed by atoms with Gasteiger partial charge in [0.2, 0.25) is 5.91 Å². The Hall–Kier alpha value is -0.830. The summed E-state index contributed by atoms with van der Waals surface area (Å²) in [5.41, 5.74) is 1.02. The second-order valence-corrected chi connectivity index (χ2v) is 6.62. The normalized spacial score (nSPS) is 29.6. The maximum atomic E-state index is 12.2. The molecule has 0 spiro atoms. The van der Waals surface area contributed by atoms with Crippen LogP contribution in [0.3, 0.4) is 0 Å². The van der Waals surface area contributed by atoms with Gasteiger partial charge in [-0.15, -0.1) is 0 Å². The molecule has 2 aliphatic rings. The maximum absolute atomic E-state index is 12.2. The Morgan fingerprint density at radius 1 is 1.20 bits per heavy atom. The molecular weight excluding hydrogens is 250 g/mol. The molecule has 0 heterocycles. The van der Waals surface area contributed by atoms with Crippen molar-refractivity contribution in [3.05, 3.63) is 12.2 Å². The summed E-state index contributed by atoms with van der Waals surface area (Å²) in [5.74, 6) is 2.21. The zero-order valence-corrected chi connectivity index (χ0v) is 12.8. The van der Waals surface area contributed by atoms with Crippen LogP contribution in [0.2, 0.25) is 0 Å². The molecule has 2 rings (SSSR count). The molecule has 1 N–H and O–H groups in total. The Balaban J connectivity index is 1.64. The van der Waals surface area contributed by atoms with Gasteiger partial charge in [0.1, 0.15) is 0 Å². The fourth-order valence-electron chi connectivity index (χ4n) is 3.75. The molecule has 3 unspecified atom stereocenters. The number of fused-ring (bicyclic) bond motifs is 1. The van der Waals surface area contributed by atoms with Crippen LogP contribution in [0.25, 0.3) is 0 Å². The molecule has 2 fully saturated rings. The Morgan fingerprint density at radius 3 is 2.70 bits per heavy atom. The molecule has 0 radical (unpaired) electrons. The molecule has 0 aromatic heterocycles. The molecular formula is C17H29NO2. The molecule has 0 aromatic carbocycles. The van der Waals surface area contributed by atoms with Gasteiger partial charge in [-0.25, -0.2) is 0 Å². The van der Waals surface area contributed by atoms with Gasteiger partial charge in [0.15, 0.2) is 0 Å². The van der Waals surface area contributed by atoms with Crippen molar-refractivity contribution >= 4 is 5.91 Å². The number of ether oxygens (including phenoxy) is 1. The second-order valence-electron chi connectivity index (χ2n) is 6.62. The molecule has 3 nitrogen and oxygen atoms in total. The number of amides is 1. The van der Waals surface area contributed by atoms with E-state index in [0.717, 1.165) is 30.3 Å². The highest BCUT2D eigenvalue weighted by Crippen LogP contribution is 2.42. The average molecular weight is 279 g/mol. The molecule has 20 heavy (non-hydrogen) atoms. The maximum Gasteiger partial charge on any atom is 0.223 e. The lowest BCUT2D eigenvalue weighted by Gasteiger charge is -2.38. The van der Waals surface area contributed by atoms with E-state index in [9.17, 15) is 4.79 Å². The highest BCUT2D eigenvalue weighted by molar-refractivity contribution is 5.78. The number of hydrogen-bond acceptors (Lipinski definition) is 2. The van der Waals surface area contributed by atoms with E-state index in [-0.39, 0.29) is 11.8 Å². The van der Waals surface area contributed by atoms with Crippen molar-refractivity contribution < 1.29 is 9.53 Å². The number of carbonyl (C=O) groups excluding carboxylic acids is 1. The Bertz CT molecular complexity index is 340. The van der Waals surface area contributed by atoms with Gasteiger partial charge in [-0.05, 0) is 38.0 Å². The fourth-order valence-corrected chi connectivity index (χ4v) is 3.75. The predicted octanol–water partition coefficient (Wildman–Crippen LogP) is 3.30. The molecule has 114 valence electrons. The fraction of sp³-hybridized carbons (Fsp3) is 0.824. The molecule has 0 bridgehead atoms. The minimum Gasteiger partial charge on any atom is -0.375 e. The van der Waals surface area contributed by atoms with Crippen molar-refractivity contribution in [2.24, 2.45) is 17.8 Å². The molecule has 1 amide bonds. The summed E-state index contributed by atoms with van der Waals surface area (Å²) < 4.78 is 5.40. The summed E-state index contributed by atoms with van der Waals surface area (Å²) in [6.07, 6.45) is 8.96. The monoisotopic (exact) mass is 279 g/mol. The van der Waals surface area contributed by atoms with Crippen molar-refractivity contribution in [2.75, 3.05) is 19.8 Å². The number of rotatable bonds is 6. The molecule has 0 saturated heterocycles. The first-order valence-corrected chi connectivity index (χ1v) is 8.16. The van der Waals surface area contributed by atoms with Crippen LogP contribution in [0, 0.1) is 17.8 Å². The van der Waals surface area contributed by atoms with Crippen LogP contribution < -0.4 is 5.32 Å². The van der Waals surface area contributed by atoms with Crippen LogP contribution >= 0.6 is 0 Å². The summed E-state index contributed by atoms with van der Waals surface area (Å²) in [6, 6.07) is 0. The zero-order valence-electron chi connectivity index (χ0n) is 12.8. The molecule has 3 atom stereocenters. The minimum absolute atomic E-state index is 0.243. The zero-order chi connectivity index (χ0) is 14.4. The quantitative estimate of drug-likeness (QED) is 0.598. The first kappa shape index (κ1) is 15.6. The van der Waals surface area contributed by atoms with Crippen LogP contribution in [0.4, 0.5) is 0 Å².